The number of rotatable bonds is 7. The van der Waals surface area contributed by atoms with Crippen LogP contribution in [-0.4, -0.2) is 40.4 Å². The molecule has 0 amide bonds. The van der Waals surface area contributed by atoms with Crippen molar-refractivity contribution in [3.05, 3.63) is 59.8 Å². The molecule has 0 aliphatic carbocycles. The fourth-order valence-electron chi connectivity index (χ4n) is 3.21. The maximum atomic E-state index is 4.75. The highest BCUT2D eigenvalue weighted by Crippen LogP contribution is 2.28. The lowest BCUT2D eigenvalue weighted by Crippen LogP contribution is -2.06. The number of aromatic nitrogens is 8. The molecule has 3 aromatic heterocycles. The Bertz CT molecular complexity index is 1060. The zero-order valence-corrected chi connectivity index (χ0v) is 16.9. The molecule has 8 nitrogen and oxygen atoms in total. The molecule has 0 atom stereocenters. The van der Waals surface area contributed by atoms with Crippen molar-refractivity contribution in [3.8, 4) is 22.6 Å². The van der Waals surface area contributed by atoms with Gasteiger partial charge in [0, 0.05) is 36.2 Å². The van der Waals surface area contributed by atoms with Crippen LogP contribution in [0.3, 0.4) is 0 Å². The van der Waals surface area contributed by atoms with Gasteiger partial charge in [-0.2, -0.15) is 10.3 Å². The lowest BCUT2D eigenvalue weighted by atomic mass is 10.0. The van der Waals surface area contributed by atoms with E-state index in [0.717, 1.165) is 47.0 Å². The molecule has 0 aliphatic heterocycles. The van der Waals surface area contributed by atoms with Crippen LogP contribution < -0.4 is 0 Å². The van der Waals surface area contributed by atoms with Crippen LogP contribution in [0, 0.1) is 0 Å². The molecule has 8 heteroatoms. The Morgan fingerprint density at radius 1 is 1.07 bits per heavy atom. The Hall–Kier alpha value is -3.42. The first-order chi connectivity index (χ1) is 14.2. The van der Waals surface area contributed by atoms with Gasteiger partial charge in [-0.05, 0) is 23.3 Å². The number of nitrogens with one attached hydrogen (secondary N) is 1. The smallest absolute Gasteiger partial charge is 0.205 e. The van der Waals surface area contributed by atoms with Crippen LogP contribution in [0.4, 0.5) is 0 Å². The van der Waals surface area contributed by atoms with Gasteiger partial charge in [0.25, 0.3) is 0 Å². The first-order valence-corrected chi connectivity index (χ1v) is 9.87. The van der Waals surface area contributed by atoms with Gasteiger partial charge in [0.1, 0.15) is 5.82 Å². The van der Waals surface area contributed by atoms with E-state index in [0.29, 0.717) is 18.2 Å². The monoisotopic (exact) mass is 388 g/mol. The largest absolute Gasteiger partial charge is 0.256 e. The van der Waals surface area contributed by atoms with Crippen LogP contribution in [-0.2, 0) is 13.0 Å². The maximum absolute atomic E-state index is 4.75. The number of pyridine rings is 1. The van der Waals surface area contributed by atoms with Crippen molar-refractivity contribution >= 4 is 0 Å². The molecule has 0 unspecified atom stereocenters. The van der Waals surface area contributed by atoms with E-state index in [2.05, 4.69) is 57.5 Å². The molecule has 4 rings (SSSR count). The molecule has 0 fully saturated rings. The van der Waals surface area contributed by atoms with Gasteiger partial charge in [0.05, 0.1) is 5.69 Å². The lowest BCUT2D eigenvalue weighted by Gasteiger charge is -2.08. The molecule has 29 heavy (non-hydrogen) atoms. The predicted molar refractivity (Wildman–Crippen MR) is 110 cm³/mol. The van der Waals surface area contributed by atoms with E-state index in [4.69, 9.17) is 4.98 Å². The van der Waals surface area contributed by atoms with Crippen molar-refractivity contribution in [2.24, 2.45) is 0 Å². The summed E-state index contributed by atoms with van der Waals surface area (Å²) in [5, 5.41) is 19.0. The quantitative estimate of drug-likeness (QED) is 0.519. The number of nitrogens with zero attached hydrogens (tertiary/aromatic N) is 7. The summed E-state index contributed by atoms with van der Waals surface area (Å²) in [6.07, 6.45) is 3.64. The number of aromatic amines is 1. The summed E-state index contributed by atoms with van der Waals surface area (Å²) in [6, 6.07) is 12.0. The minimum atomic E-state index is 0.314. The highest BCUT2D eigenvalue weighted by Gasteiger charge is 2.14. The van der Waals surface area contributed by atoms with E-state index in [-0.39, 0.29) is 0 Å². The molecule has 0 bridgehead atoms. The van der Waals surface area contributed by atoms with Crippen LogP contribution in [0.5, 0.6) is 0 Å². The summed E-state index contributed by atoms with van der Waals surface area (Å²) in [7, 11) is 0. The molecular weight excluding hydrogens is 364 g/mol. The highest BCUT2D eigenvalue weighted by atomic mass is 15.5. The SMILES string of the molecule is CCCn1nc(C(C)C)nc1Cc1ccc(-c2ccccc2-c2nn[nH]n2)nc1. The Morgan fingerprint density at radius 3 is 2.55 bits per heavy atom. The number of H-pyrrole nitrogens is 1. The molecule has 0 saturated heterocycles. The van der Waals surface area contributed by atoms with Gasteiger partial charge < -0.3 is 0 Å². The third-order valence-electron chi connectivity index (χ3n) is 4.69. The van der Waals surface area contributed by atoms with Gasteiger partial charge in [-0.25, -0.2) is 9.67 Å². The van der Waals surface area contributed by atoms with Crippen LogP contribution in [0.25, 0.3) is 22.6 Å². The third kappa shape index (κ3) is 4.06. The zero-order valence-electron chi connectivity index (χ0n) is 16.9. The van der Waals surface area contributed by atoms with Crippen LogP contribution in [0.2, 0.25) is 0 Å². The number of tetrazole rings is 1. The van der Waals surface area contributed by atoms with Crippen LogP contribution in [0.1, 0.15) is 50.3 Å². The van der Waals surface area contributed by atoms with E-state index in [1.54, 1.807) is 0 Å². The molecule has 0 aliphatic rings. The summed E-state index contributed by atoms with van der Waals surface area (Å²) in [4.78, 5) is 9.44. The molecular formula is C21H24N8. The summed E-state index contributed by atoms with van der Waals surface area (Å²) < 4.78 is 2.02. The van der Waals surface area contributed by atoms with Gasteiger partial charge in [0.15, 0.2) is 5.82 Å². The molecule has 1 aromatic carbocycles. The first kappa shape index (κ1) is 18.9. The van der Waals surface area contributed by atoms with Crippen molar-refractivity contribution in [3.63, 3.8) is 0 Å². The van der Waals surface area contributed by atoms with Crippen molar-refractivity contribution in [2.45, 2.75) is 46.1 Å². The average Bonchev–Trinajstić information content (AvgIpc) is 3.40. The normalized spacial score (nSPS) is 11.3. The van der Waals surface area contributed by atoms with Gasteiger partial charge in [-0.1, -0.05) is 51.1 Å². The summed E-state index contributed by atoms with van der Waals surface area (Å²) in [5.74, 6) is 2.75. The van der Waals surface area contributed by atoms with Crippen molar-refractivity contribution < 1.29 is 0 Å². The average molecular weight is 388 g/mol. The minimum absolute atomic E-state index is 0.314. The zero-order chi connectivity index (χ0) is 20.2. The predicted octanol–water partition coefficient (Wildman–Crippen LogP) is 3.64. The maximum Gasteiger partial charge on any atom is 0.205 e. The molecule has 0 spiro atoms. The fraction of sp³-hybridized carbons (Fsp3) is 0.333. The van der Waals surface area contributed by atoms with Gasteiger partial charge >= 0.3 is 0 Å². The summed E-state index contributed by atoms with van der Waals surface area (Å²) >= 11 is 0. The van der Waals surface area contributed by atoms with Gasteiger partial charge in [-0.15, -0.1) is 10.2 Å². The highest BCUT2D eigenvalue weighted by molar-refractivity contribution is 5.78. The summed E-state index contributed by atoms with van der Waals surface area (Å²) in [6.45, 7) is 7.26. The standard InChI is InChI=1S/C21H24N8/c1-4-11-29-19(23-20(26-29)14(2)3)12-15-9-10-18(22-13-15)16-7-5-6-8-17(16)21-24-27-28-25-21/h5-10,13-14H,4,11-12H2,1-3H3,(H,24,25,27,28). The van der Waals surface area contributed by atoms with E-state index < -0.39 is 0 Å². The van der Waals surface area contributed by atoms with E-state index in [1.807, 2.05) is 41.2 Å². The van der Waals surface area contributed by atoms with E-state index >= 15 is 0 Å². The van der Waals surface area contributed by atoms with Gasteiger partial charge in [0.2, 0.25) is 5.82 Å². The molecule has 3 heterocycles. The summed E-state index contributed by atoms with van der Waals surface area (Å²) in [5.41, 5.74) is 3.83. The number of benzene rings is 1. The minimum Gasteiger partial charge on any atom is -0.256 e. The Balaban J connectivity index is 1.60. The molecule has 4 aromatic rings. The molecule has 1 N–H and O–H groups in total. The first-order valence-electron chi connectivity index (χ1n) is 9.87. The van der Waals surface area contributed by atoms with Crippen LogP contribution in [0.15, 0.2) is 42.6 Å². The van der Waals surface area contributed by atoms with Crippen molar-refractivity contribution in [1.82, 2.24) is 40.4 Å². The lowest BCUT2D eigenvalue weighted by molar-refractivity contribution is 0.567. The molecule has 0 radical (unpaired) electrons. The Kier molecular flexibility index (Phi) is 5.41. The fourth-order valence-corrected chi connectivity index (χ4v) is 3.21. The number of hydrogen-bond donors (Lipinski definition) is 1. The second-order valence-electron chi connectivity index (χ2n) is 7.27. The Labute approximate surface area is 169 Å². The topological polar surface area (TPSA) is 98.1 Å². The van der Waals surface area contributed by atoms with E-state index in [1.165, 1.54) is 0 Å². The second-order valence-corrected chi connectivity index (χ2v) is 7.27. The molecule has 148 valence electrons. The van der Waals surface area contributed by atoms with Crippen LogP contribution >= 0.6 is 0 Å². The van der Waals surface area contributed by atoms with E-state index in [9.17, 15) is 0 Å². The third-order valence-corrected chi connectivity index (χ3v) is 4.69. The number of hydrogen-bond acceptors (Lipinski definition) is 6. The van der Waals surface area contributed by atoms with Crippen molar-refractivity contribution in [1.29, 1.82) is 0 Å². The van der Waals surface area contributed by atoms with Gasteiger partial charge in [-0.3, -0.25) is 4.98 Å². The Morgan fingerprint density at radius 2 is 1.90 bits per heavy atom. The second kappa shape index (κ2) is 8.30. The number of aryl methyl sites for hydroxylation is 1. The molecule has 0 saturated carbocycles. The van der Waals surface area contributed by atoms with Crippen molar-refractivity contribution in [2.75, 3.05) is 0 Å².